The number of esters is 1. The van der Waals surface area contributed by atoms with Crippen LogP contribution in [0.2, 0.25) is 4.47 Å². The van der Waals surface area contributed by atoms with E-state index in [1.54, 1.807) is 0 Å². The number of halogens is 1. The molecule has 1 aliphatic heterocycles. The van der Waals surface area contributed by atoms with Crippen molar-refractivity contribution in [2.75, 3.05) is 40.0 Å². The van der Waals surface area contributed by atoms with Gasteiger partial charge in [-0.25, -0.2) is 9.78 Å². The SMILES string of the molecule is COC(=O)COc1ccc(C(C)CN2CCOC(c3csc(Cl)n3)C2)cc1. The Morgan fingerprint density at radius 3 is 2.89 bits per heavy atom. The predicted molar refractivity (Wildman–Crippen MR) is 105 cm³/mol. The van der Waals surface area contributed by atoms with E-state index in [0.717, 1.165) is 25.3 Å². The van der Waals surface area contributed by atoms with E-state index in [-0.39, 0.29) is 12.7 Å². The molecule has 6 nitrogen and oxygen atoms in total. The number of ether oxygens (including phenoxy) is 3. The summed E-state index contributed by atoms with van der Waals surface area (Å²) >= 11 is 7.38. The van der Waals surface area contributed by atoms with E-state index < -0.39 is 5.97 Å². The molecule has 2 aromatic rings. The highest BCUT2D eigenvalue weighted by Crippen LogP contribution is 2.27. The second kappa shape index (κ2) is 9.50. The summed E-state index contributed by atoms with van der Waals surface area (Å²) < 4.78 is 16.4. The number of morpholine rings is 1. The molecular weight excluding hydrogens is 388 g/mol. The summed E-state index contributed by atoms with van der Waals surface area (Å²) in [7, 11) is 1.34. The Morgan fingerprint density at radius 2 is 2.22 bits per heavy atom. The zero-order valence-electron chi connectivity index (χ0n) is 15.4. The second-order valence-corrected chi connectivity index (χ2v) is 7.92. The Kier molecular flexibility index (Phi) is 7.07. The van der Waals surface area contributed by atoms with E-state index in [4.69, 9.17) is 21.1 Å². The Bertz CT molecular complexity index is 752. The van der Waals surface area contributed by atoms with Crippen molar-refractivity contribution in [3.05, 3.63) is 45.4 Å². The van der Waals surface area contributed by atoms with Gasteiger partial charge in [-0.2, -0.15) is 0 Å². The molecule has 0 N–H and O–H groups in total. The molecule has 0 saturated carbocycles. The van der Waals surface area contributed by atoms with Crippen LogP contribution in [0.1, 0.15) is 30.2 Å². The maximum atomic E-state index is 11.1. The number of nitrogens with zero attached hydrogens (tertiary/aromatic N) is 2. The van der Waals surface area contributed by atoms with E-state index in [9.17, 15) is 4.79 Å². The lowest BCUT2D eigenvalue weighted by atomic mass is 10.00. The minimum atomic E-state index is -0.393. The number of hydrogen-bond donors (Lipinski definition) is 0. The summed E-state index contributed by atoms with van der Waals surface area (Å²) in [5, 5.41) is 1.97. The van der Waals surface area contributed by atoms with Crippen molar-refractivity contribution in [3.8, 4) is 5.75 Å². The standard InChI is InChI=1S/C19H23ClN2O4S/c1-13(14-3-5-15(6-4-14)26-11-18(23)24-2)9-22-7-8-25-17(10-22)16-12-27-19(20)21-16/h3-6,12-13,17H,7-11H2,1-2H3. The lowest BCUT2D eigenvalue weighted by Crippen LogP contribution is -2.40. The van der Waals surface area contributed by atoms with Crippen LogP contribution in [0.3, 0.4) is 0 Å². The second-order valence-electron chi connectivity index (χ2n) is 6.48. The van der Waals surface area contributed by atoms with Crippen molar-refractivity contribution in [3.63, 3.8) is 0 Å². The smallest absolute Gasteiger partial charge is 0.343 e. The molecule has 1 fully saturated rings. The first-order valence-corrected chi connectivity index (χ1v) is 10.1. The van der Waals surface area contributed by atoms with Crippen molar-refractivity contribution in [2.45, 2.75) is 18.9 Å². The van der Waals surface area contributed by atoms with Crippen LogP contribution < -0.4 is 4.74 Å². The first-order valence-electron chi connectivity index (χ1n) is 8.79. The van der Waals surface area contributed by atoms with Crippen LogP contribution in [-0.2, 0) is 14.3 Å². The molecule has 2 heterocycles. The Labute approximate surface area is 168 Å². The summed E-state index contributed by atoms with van der Waals surface area (Å²) in [4.78, 5) is 17.9. The summed E-state index contributed by atoms with van der Waals surface area (Å²) in [6.07, 6.45) is -0.0243. The zero-order chi connectivity index (χ0) is 19.2. The molecule has 1 saturated heterocycles. The van der Waals surface area contributed by atoms with E-state index >= 15 is 0 Å². The van der Waals surface area contributed by atoms with Crippen molar-refractivity contribution in [1.29, 1.82) is 0 Å². The molecule has 2 atom stereocenters. The average molecular weight is 411 g/mol. The lowest BCUT2D eigenvalue weighted by Gasteiger charge is -2.33. The largest absolute Gasteiger partial charge is 0.482 e. The van der Waals surface area contributed by atoms with Crippen molar-refractivity contribution >= 4 is 28.9 Å². The quantitative estimate of drug-likeness (QED) is 0.651. The maximum Gasteiger partial charge on any atom is 0.343 e. The van der Waals surface area contributed by atoms with E-state index in [1.165, 1.54) is 24.0 Å². The van der Waals surface area contributed by atoms with Crippen LogP contribution in [-0.4, -0.2) is 55.8 Å². The van der Waals surface area contributed by atoms with Crippen molar-refractivity contribution in [2.24, 2.45) is 0 Å². The molecular formula is C19H23ClN2O4S. The predicted octanol–water partition coefficient (Wildman–Crippen LogP) is 3.53. The number of rotatable bonds is 7. The maximum absolute atomic E-state index is 11.1. The number of methoxy groups -OCH3 is 1. The number of benzene rings is 1. The third-order valence-electron chi connectivity index (χ3n) is 4.54. The molecule has 1 aromatic heterocycles. The molecule has 1 aliphatic rings. The van der Waals surface area contributed by atoms with Gasteiger partial charge < -0.3 is 14.2 Å². The first kappa shape index (κ1) is 20.1. The van der Waals surface area contributed by atoms with E-state index in [2.05, 4.69) is 21.5 Å². The van der Waals surface area contributed by atoms with Gasteiger partial charge in [0, 0.05) is 25.0 Å². The molecule has 0 aliphatic carbocycles. The Hall–Kier alpha value is -1.67. The lowest BCUT2D eigenvalue weighted by molar-refractivity contribution is -0.142. The highest BCUT2D eigenvalue weighted by Gasteiger charge is 2.25. The van der Waals surface area contributed by atoms with Crippen LogP contribution in [0.5, 0.6) is 5.75 Å². The molecule has 3 rings (SSSR count). The fourth-order valence-electron chi connectivity index (χ4n) is 3.04. The molecule has 0 amide bonds. The van der Waals surface area contributed by atoms with Crippen LogP contribution in [0, 0.1) is 0 Å². The fourth-order valence-corrected chi connectivity index (χ4v) is 3.86. The molecule has 0 radical (unpaired) electrons. The number of aromatic nitrogens is 1. The van der Waals surface area contributed by atoms with Gasteiger partial charge in [-0.05, 0) is 23.6 Å². The van der Waals surface area contributed by atoms with Gasteiger partial charge >= 0.3 is 5.97 Å². The van der Waals surface area contributed by atoms with Gasteiger partial charge in [0.05, 0.1) is 19.4 Å². The van der Waals surface area contributed by atoms with Gasteiger partial charge in [0.1, 0.15) is 11.9 Å². The zero-order valence-corrected chi connectivity index (χ0v) is 17.0. The Morgan fingerprint density at radius 1 is 1.44 bits per heavy atom. The van der Waals surface area contributed by atoms with Gasteiger partial charge in [-0.3, -0.25) is 4.90 Å². The molecule has 146 valence electrons. The third-order valence-corrected chi connectivity index (χ3v) is 5.54. The van der Waals surface area contributed by atoms with Crippen LogP contribution in [0.25, 0.3) is 0 Å². The summed E-state index contributed by atoms with van der Waals surface area (Å²) in [6, 6.07) is 7.84. The van der Waals surface area contributed by atoms with Gasteiger partial charge in [-0.15, -0.1) is 11.3 Å². The monoisotopic (exact) mass is 410 g/mol. The Balaban J connectivity index is 1.53. The van der Waals surface area contributed by atoms with Gasteiger partial charge in [-0.1, -0.05) is 30.7 Å². The van der Waals surface area contributed by atoms with Gasteiger partial charge in [0.2, 0.25) is 0 Å². The van der Waals surface area contributed by atoms with Gasteiger partial charge in [0.25, 0.3) is 0 Å². The number of hydrogen-bond acceptors (Lipinski definition) is 7. The van der Waals surface area contributed by atoms with Crippen LogP contribution >= 0.6 is 22.9 Å². The van der Waals surface area contributed by atoms with Gasteiger partial charge in [0.15, 0.2) is 11.1 Å². The minimum Gasteiger partial charge on any atom is -0.482 e. The molecule has 0 bridgehead atoms. The molecule has 27 heavy (non-hydrogen) atoms. The molecule has 1 aromatic carbocycles. The fraction of sp³-hybridized carbons (Fsp3) is 0.474. The average Bonchev–Trinajstić information content (AvgIpc) is 3.13. The first-order chi connectivity index (χ1) is 13.0. The van der Waals surface area contributed by atoms with E-state index in [1.807, 2.05) is 29.6 Å². The highest BCUT2D eigenvalue weighted by atomic mass is 35.5. The summed E-state index contributed by atoms with van der Waals surface area (Å²) in [5.41, 5.74) is 2.13. The van der Waals surface area contributed by atoms with Crippen LogP contribution in [0.4, 0.5) is 0 Å². The highest BCUT2D eigenvalue weighted by molar-refractivity contribution is 7.13. The number of thiazole rings is 1. The normalized spacial score (nSPS) is 18.9. The number of carbonyl (C=O) groups is 1. The minimum absolute atomic E-state index is 0.0243. The third kappa shape index (κ3) is 5.65. The molecule has 0 spiro atoms. The molecule has 8 heteroatoms. The summed E-state index contributed by atoms with van der Waals surface area (Å²) in [6.45, 7) is 5.45. The topological polar surface area (TPSA) is 60.9 Å². The van der Waals surface area contributed by atoms with Crippen molar-refractivity contribution < 1.29 is 19.0 Å². The number of carbonyl (C=O) groups excluding carboxylic acids is 1. The van der Waals surface area contributed by atoms with E-state index in [0.29, 0.717) is 22.7 Å². The molecule has 2 unspecified atom stereocenters. The van der Waals surface area contributed by atoms with Crippen molar-refractivity contribution in [1.82, 2.24) is 9.88 Å². The van der Waals surface area contributed by atoms with Crippen LogP contribution in [0.15, 0.2) is 29.6 Å². The summed E-state index contributed by atoms with van der Waals surface area (Å²) in [5.74, 6) is 0.622.